The average Bonchev–Trinajstić information content (AvgIpc) is 2.18. The lowest BCUT2D eigenvalue weighted by atomic mass is 10.1. The van der Waals surface area contributed by atoms with Crippen LogP contribution in [0.3, 0.4) is 0 Å². The summed E-state index contributed by atoms with van der Waals surface area (Å²) in [6.45, 7) is 1.78. The summed E-state index contributed by atoms with van der Waals surface area (Å²) >= 11 is 0. The third-order valence-corrected chi connectivity index (χ3v) is 2.77. The van der Waals surface area contributed by atoms with Gasteiger partial charge in [-0.15, -0.1) is 4.28 Å². The van der Waals surface area contributed by atoms with Crippen molar-refractivity contribution in [2.24, 2.45) is 5.73 Å². The molecule has 1 saturated heterocycles. The van der Waals surface area contributed by atoms with Crippen LogP contribution in [0.2, 0.25) is 0 Å². The molecule has 0 aromatic rings. The second-order valence-electron chi connectivity index (χ2n) is 3.52. The van der Waals surface area contributed by atoms with E-state index in [4.69, 9.17) is 10.3 Å². The molecule has 10 heteroatoms. The number of hydroxylamine groups is 2. The number of amides is 2. The van der Waals surface area contributed by atoms with Gasteiger partial charge in [-0.1, -0.05) is 0 Å². The van der Waals surface area contributed by atoms with Crippen LogP contribution in [0, 0.1) is 0 Å². The largest absolute Gasteiger partial charge is 0.418 e. The number of likely N-dealkylation sites (N-methyl/N-ethyl adjacent to an activating group) is 1. The number of hydrogen-bond donors (Lipinski definition) is 3. The van der Waals surface area contributed by atoms with Gasteiger partial charge in [0.15, 0.2) is 0 Å². The van der Waals surface area contributed by atoms with E-state index < -0.39 is 28.7 Å². The van der Waals surface area contributed by atoms with E-state index in [1.54, 1.807) is 6.92 Å². The van der Waals surface area contributed by atoms with Crippen molar-refractivity contribution in [3.05, 3.63) is 0 Å². The number of aliphatic hydroxyl groups excluding tert-OH is 1. The molecular weight excluding hydrogens is 254 g/mol. The lowest BCUT2D eigenvalue weighted by Gasteiger charge is -2.40. The number of rotatable bonds is 4. The van der Waals surface area contributed by atoms with E-state index in [0.717, 1.165) is 0 Å². The second kappa shape index (κ2) is 5.14. The van der Waals surface area contributed by atoms with Crippen LogP contribution in [-0.2, 0) is 14.7 Å². The van der Waals surface area contributed by atoms with Gasteiger partial charge in [-0.3, -0.25) is 4.55 Å². The highest BCUT2D eigenvalue weighted by Crippen LogP contribution is 2.18. The first-order valence-electron chi connectivity index (χ1n) is 4.95. The maximum Gasteiger partial charge on any atom is 0.418 e. The average molecular weight is 269 g/mol. The molecule has 1 aliphatic rings. The van der Waals surface area contributed by atoms with Crippen LogP contribution < -0.4 is 5.73 Å². The number of urea groups is 1. The summed E-state index contributed by atoms with van der Waals surface area (Å²) in [6, 6.07) is -1.38. The summed E-state index contributed by atoms with van der Waals surface area (Å²) in [5.74, 6) is 0. The molecule has 100 valence electrons. The van der Waals surface area contributed by atoms with Crippen LogP contribution in [0.15, 0.2) is 0 Å². The number of hydrogen-bond acceptors (Lipinski definition) is 6. The Morgan fingerprint density at radius 3 is 2.65 bits per heavy atom. The van der Waals surface area contributed by atoms with Gasteiger partial charge in [0, 0.05) is 6.54 Å². The topological polar surface area (TPSA) is 133 Å². The molecule has 1 fully saturated rings. The molecule has 1 unspecified atom stereocenters. The van der Waals surface area contributed by atoms with Crippen molar-refractivity contribution in [1.29, 1.82) is 0 Å². The van der Waals surface area contributed by atoms with Gasteiger partial charge in [0.1, 0.15) is 6.23 Å². The maximum atomic E-state index is 11.7. The quantitative estimate of drug-likeness (QED) is 0.418. The van der Waals surface area contributed by atoms with Crippen LogP contribution in [0.4, 0.5) is 4.79 Å². The summed E-state index contributed by atoms with van der Waals surface area (Å²) in [7, 11) is -4.74. The minimum atomic E-state index is -4.74. The molecule has 4 N–H and O–H groups in total. The van der Waals surface area contributed by atoms with E-state index in [9.17, 15) is 18.3 Å². The molecule has 0 saturated carbocycles. The zero-order valence-corrected chi connectivity index (χ0v) is 10.00. The number of nitrogens with zero attached hydrogens (tertiary/aromatic N) is 2. The van der Waals surface area contributed by atoms with Crippen molar-refractivity contribution in [1.82, 2.24) is 9.96 Å². The minimum absolute atomic E-state index is 0.0892. The fraction of sp³-hybridized carbons (Fsp3) is 0.857. The van der Waals surface area contributed by atoms with Gasteiger partial charge in [-0.25, -0.2) is 4.79 Å². The minimum Gasteiger partial charge on any atom is -0.377 e. The van der Waals surface area contributed by atoms with Gasteiger partial charge in [-0.2, -0.15) is 13.5 Å². The Morgan fingerprint density at radius 1 is 1.65 bits per heavy atom. The van der Waals surface area contributed by atoms with Crippen LogP contribution in [0.5, 0.6) is 0 Å². The lowest BCUT2D eigenvalue weighted by molar-refractivity contribution is -0.0733. The smallest absolute Gasteiger partial charge is 0.377 e. The van der Waals surface area contributed by atoms with Crippen LogP contribution >= 0.6 is 0 Å². The van der Waals surface area contributed by atoms with E-state index in [2.05, 4.69) is 4.28 Å². The Bertz CT molecular complexity index is 383. The molecular formula is C7H15N3O6S. The SMILES string of the molecule is CCN1C(=O)N(OS(=O)(=O)O)CCC1[C@H](N)O. The molecule has 0 aromatic heterocycles. The Labute approximate surface area is 98.6 Å². The van der Waals surface area contributed by atoms with E-state index in [1.807, 2.05) is 0 Å². The number of aliphatic hydroxyl groups is 1. The van der Waals surface area contributed by atoms with E-state index in [-0.39, 0.29) is 19.5 Å². The standard InChI is InChI=1S/C7H15N3O6S/c1-2-9-5(6(8)11)3-4-10(7(9)12)16-17(13,14)15/h5-6,11H,2-4,8H2,1H3,(H,13,14,15)/t5?,6-/m1/s1. The first-order valence-corrected chi connectivity index (χ1v) is 6.31. The van der Waals surface area contributed by atoms with Gasteiger partial charge in [0.25, 0.3) is 0 Å². The lowest BCUT2D eigenvalue weighted by Crippen LogP contribution is -2.59. The molecule has 0 bridgehead atoms. The predicted octanol–water partition coefficient (Wildman–Crippen LogP) is -1.49. The fourth-order valence-electron chi connectivity index (χ4n) is 1.69. The van der Waals surface area contributed by atoms with Crippen molar-refractivity contribution >= 4 is 16.4 Å². The van der Waals surface area contributed by atoms with Gasteiger partial charge in [0.2, 0.25) is 0 Å². The van der Waals surface area contributed by atoms with Crippen molar-refractivity contribution in [3.63, 3.8) is 0 Å². The fourth-order valence-corrected chi connectivity index (χ4v) is 2.06. The van der Waals surface area contributed by atoms with E-state index >= 15 is 0 Å². The molecule has 0 radical (unpaired) electrons. The summed E-state index contributed by atoms with van der Waals surface area (Å²) in [5.41, 5.74) is 5.30. The summed E-state index contributed by atoms with van der Waals surface area (Å²) in [5, 5.41) is 9.78. The molecule has 0 aromatic carbocycles. The first-order chi connectivity index (χ1) is 7.76. The van der Waals surface area contributed by atoms with Crippen LogP contribution in [0.25, 0.3) is 0 Å². The highest BCUT2D eigenvalue weighted by Gasteiger charge is 2.37. The van der Waals surface area contributed by atoms with E-state index in [0.29, 0.717) is 5.06 Å². The maximum absolute atomic E-state index is 11.7. The van der Waals surface area contributed by atoms with E-state index in [1.165, 1.54) is 4.90 Å². The normalized spacial score (nSPS) is 24.0. The molecule has 9 nitrogen and oxygen atoms in total. The molecule has 1 heterocycles. The van der Waals surface area contributed by atoms with Gasteiger partial charge in [-0.05, 0) is 13.3 Å². The zero-order valence-electron chi connectivity index (χ0n) is 9.18. The van der Waals surface area contributed by atoms with Crippen molar-refractivity contribution in [3.8, 4) is 0 Å². The molecule has 0 spiro atoms. The molecule has 1 rings (SSSR count). The molecule has 17 heavy (non-hydrogen) atoms. The third kappa shape index (κ3) is 3.51. The molecule has 2 atom stereocenters. The Hall–Kier alpha value is -0.940. The summed E-state index contributed by atoms with van der Waals surface area (Å²) in [4.78, 5) is 12.9. The second-order valence-corrected chi connectivity index (χ2v) is 4.52. The Kier molecular flexibility index (Phi) is 4.27. The Balaban J connectivity index is 2.80. The van der Waals surface area contributed by atoms with Gasteiger partial charge in [0.05, 0.1) is 12.6 Å². The monoisotopic (exact) mass is 269 g/mol. The predicted molar refractivity (Wildman–Crippen MR) is 55.7 cm³/mol. The van der Waals surface area contributed by atoms with Gasteiger partial charge < -0.3 is 15.7 Å². The Morgan fingerprint density at radius 2 is 2.24 bits per heavy atom. The van der Waals surface area contributed by atoms with Crippen molar-refractivity contribution in [2.45, 2.75) is 25.6 Å². The van der Waals surface area contributed by atoms with Crippen molar-refractivity contribution in [2.75, 3.05) is 13.1 Å². The summed E-state index contributed by atoms with van der Waals surface area (Å²) in [6.07, 6.45) is -0.987. The molecule has 1 aliphatic heterocycles. The van der Waals surface area contributed by atoms with Crippen LogP contribution in [-0.4, -0.2) is 59.4 Å². The summed E-state index contributed by atoms with van der Waals surface area (Å²) < 4.78 is 33.6. The highest BCUT2D eigenvalue weighted by molar-refractivity contribution is 7.80. The highest BCUT2D eigenvalue weighted by atomic mass is 32.3. The number of carbonyl (C=O) groups excluding carboxylic acids is 1. The first kappa shape index (κ1) is 14.1. The number of carbonyl (C=O) groups is 1. The van der Waals surface area contributed by atoms with Crippen molar-refractivity contribution < 1.29 is 27.2 Å². The molecule has 2 amide bonds. The third-order valence-electron chi connectivity index (χ3n) is 2.41. The molecule has 0 aliphatic carbocycles. The number of nitrogens with two attached hydrogens (primary N) is 1. The zero-order chi connectivity index (χ0) is 13.2. The van der Waals surface area contributed by atoms with Gasteiger partial charge >= 0.3 is 16.4 Å². The van der Waals surface area contributed by atoms with Crippen LogP contribution in [0.1, 0.15) is 13.3 Å².